The van der Waals surface area contributed by atoms with E-state index in [0.717, 1.165) is 5.56 Å². The average molecular weight is 166 g/mol. The fraction of sp³-hybridized carbons (Fsp3) is 0.125. The summed E-state index contributed by atoms with van der Waals surface area (Å²) in [5.41, 5.74) is 0.847. The summed E-state index contributed by atoms with van der Waals surface area (Å²) in [5, 5.41) is 21.3. The summed E-state index contributed by atoms with van der Waals surface area (Å²) in [6, 6.07) is 4.59. The molecule has 0 saturated carbocycles. The molecule has 0 saturated heterocycles. The number of benzene rings is 1. The van der Waals surface area contributed by atoms with E-state index in [1.54, 1.807) is 6.07 Å². The molecule has 0 bridgehead atoms. The number of hydrazone groups is 1. The van der Waals surface area contributed by atoms with Gasteiger partial charge in [0.1, 0.15) is 0 Å². The van der Waals surface area contributed by atoms with E-state index in [2.05, 4.69) is 5.10 Å². The lowest BCUT2D eigenvalue weighted by Crippen LogP contribution is -1.89. The maximum atomic E-state index is 9.07. The number of hydrogen-bond donors (Lipinski definition) is 3. The summed E-state index contributed by atoms with van der Waals surface area (Å²) in [5.74, 6) is 4.65. The van der Waals surface area contributed by atoms with Crippen molar-refractivity contribution in [2.75, 3.05) is 0 Å². The number of aromatic hydroxyl groups is 2. The van der Waals surface area contributed by atoms with Gasteiger partial charge in [-0.05, 0) is 17.7 Å². The molecular weight excluding hydrogens is 156 g/mol. The quantitative estimate of drug-likeness (QED) is 0.260. The van der Waals surface area contributed by atoms with Crippen LogP contribution >= 0.6 is 0 Å². The van der Waals surface area contributed by atoms with E-state index in [4.69, 9.17) is 16.1 Å². The van der Waals surface area contributed by atoms with Crippen molar-refractivity contribution in [3.63, 3.8) is 0 Å². The molecule has 0 atom stereocenters. The Kier molecular flexibility index (Phi) is 2.53. The summed E-state index contributed by atoms with van der Waals surface area (Å²) in [6.07, 6.45) is 2.07. The van der Waals surface area contributed by atoms with Crippen molar-refractivity contribution in [3.8, 4) is 11.5 Å². The predicted octanol–water partition coefficient (Wildman–Crippen LogP) is 0.585. The van der Waals surface area contributed by atoms with Crippen molar-refractivity contribution in [3.05, 3.63) is 23.8 Å². The predicted molar refractivity (Wildman–Crippen MR) is 46.2 cm³/mol. The van der Waals surface area contributed by atoms with Gasteiger partial charge >= 0.3 is 0 Å². The van der Waals surface area contributed by atoms with E-state index in [1.165, 1.54) is 18.3 Å². The largest absolute Gasteiger partial charge is 0.504 e. The highest BCUT2D eigenvalue weighted by Crippen LogP contribution is 2.24. The molecule has 1 aromatic carbocycles. The first-order valence-electron chi connectivity index (χ1n) is 3.46. The molecule has 4 N–H and O–H groups in total. The molecule has 4 nitrogen and oxygen atoms in total. The number of hydrogen-bond acceptors (Lipinski definition) is 4. The van der Waals surface area contributed by atoms with Crippen LogP contribution in [0.1, 0.15) is 5.56 Å². The van der Waals surface area contributed by atoms with Crippen LogP contribution in [-0.4, -0.2) is 16.4 Å². The van der Waals surface area contributed by atoms with Gasteiger partial charge in [0.05, 0.1) is 0 Å². The van der Waals surface area contributed by atoms with Gasteiger partial charge in [0, 0.05) is 12.6 Å². The summed E-state index contributed by atoms with van der Waals surface area (Å²) in [7, 11) is 0. The minimum atomic E-state index is -0.127. The Morgan fingerprint density at radius 2 is 2.08 bits per heavy atom. The standard InChI is InChI=1S/C8H10N2O2/c9-10-4-3-6-1-2-7(11)8(12)5-6/h1-2,4-5,11-12H,3,9H2. The third-order valence-electron chi connectivity index (χ3n) is 1.47. The smallest absolute Gasteiger partial charge is 0.157 e. The van der Waals surface area contributed by atoms with Crippen LogP contribution in [0.3, 0.4) is 0 Å². The molecule has 0 aliphatic rings. The van der Waals surface area contributed by atoms with Gasteiger partial charge in [0.2, 0.25) is 0 Å². The molecule has 0 fully saturated rings. The Hall–Kier alpha value is -1.71. The van der Waals surface area contributed by atoms with Crippen LogP contribution < -0.4 is 5.84 Å². The molecular formula is C8H10N2O2. The zero-order valence-electron chi connectivity index (χ0n) is 6.44. The van der Waals surface area contributed by atoms with Crippen LogP contribution in [0, 0.1) is 0 Å². The number of phenols is 2. The first-order valence-corrected chi connectivity index (χ1v) is 3.46. The highest BCUT2D eigenvalue weighted by Gasteiger charge is 1.98. The first kappa shape index (κ1) is 8.39. The van der Waals surface area contributed by atoms with Crippen molar-refractivity contribution in [1.29, 1.82) is 0 Å². The maximum Gasteiger partial charge on any atom is 0.157 e. The lowest BCUT2D eigenvalue weighted by atomic mass is 10.1. The first-order chi connectivity index (χ1) is 5.74. The lowest BCUT2D eigenvalue weighted by molar-refractivity contribution is 0.403. The number of phenolic OH excluding ortho intramolecular Hbond substituents is 2. The number of nitrogens with two attached hydrogens (primary N) is 1. The molecule has 0 heterocycles. The Morgan fingerprint density at radius 1 is 1.33 bits per heavy atom. The molecule has 0 radical (unpaired) electrons. The fourth-order valence-corrected chi connectivity index (χ4v) is 0.854. The Morgan fingerprint density at radius 3 is 2.67 bits per heavy atom. The van der Waals surface area contributed by atoms with E-state index in [9.17, 15) is 0 Å². The van der Waals surface area contributed by atoms with Crippen LogP contribution in [0.5, 0.6) is 11.5 Å². The second kappa shape index (κ2) is 3.61. The van der Waals surface area contributed by atoms with Gasteiger partial charge in [0.15, 0.2) is 11.5 Å². The summed E-state index contributed by atoms with van der Waals surface area (Å²) < 4.78 is 0. The number of rotatable bonds is 2. The summed E-state index contributed by atoms with van der Waals surface area (Å²) in [4.78, 5) is 0. The Balaban J connectivity index is 2.82. The zero-order valence-corrected chi connectivity index (χ0v) is 6.44. The van der Waals surface area contributed by atoms with Gasteiger partial charge < -0.3 is 16.1 Å². The van der Waals surface area contributed by atoms with Gasteiger partial charge in [-0.15, -0.1) is 0 Å². The normalized spacial score (nSPS) is 10.7. The van der Waals surface area contributed by atoms with E-state index < -0.39 is 0 Å². The van der Waals surface area contributed by atoms with Crippen molar-refractivity contribution in [2.24, 2.45) is 10.9 Å². The van der Waals surface area contributed by atoms with Crippen LogP contribution in [0.2, 0.25) is 0 Å². The summed E-state index contributed by atoms with van der Waals surface area (Å²) in [6.45, 7) is 0. The molecule has 0 aliphatic heterocycles. The molecule has 0 amide bonds. The second-order valence-electron chi connectivity index (χ2n) is 2.36. The van der Waals surface area contributed by atoms with Crippen LogP contribution in [0.4, 0.5) is 0 Å². The monoisotopic (exact) mass is 166 g/mol. The van der Waals surface area contributed by atoms with E-state index in [1.807, 2.05) is 0 Å². The van der Waals surface area contributed by atoms with E-state index in [-0.39, 0.29) is 11.5 Å². The summed E-state index contributed by atoms with van der Waals surface area (Å²) >= 11 is 0. The molecule has 1 rings (SSSR count). The molecule has 64 valence electrons. The van der Waals surface area contributed by atoms with Crippen LogP contribution in [0.25, 0.3) is 0 Å². The minimum Gasteiger partial charge on any atom is -0.504 e. The zero-order chi connectivity index (χ0) is 8.97. The average Bonchev–Trinajstić information content (AvgIpc) is 2.07. The van der Waals surface area contributed by atoms with Crippen molar-refractivity contribution in [1.82, 2.24) is 0 Å². The van der Waals surface area contributed by atoms with E-state index in [0.29, 0.717) is 6.42 Å². The molecule has 0 aliphatic carbocycles. The lowest BCUT2D eigenvalue weighted by Gasteiger charge is -1.99. The fourth-order valence-electron chi connectivity index (χ4n) is 0.854. The topological polar surface area (TPSA) is 78.8 Å². The van der Waals surface area contributed by atoms with Gasteiger partial charge in [-0.2, -0.15) is 5.10 Å². The number of nitrogens with zero attached hydrogens (tertiary/aromatic N) is 1. The van der Waals surface area contributed by atoms with Crippen molar-refractivity contribution >= 4 is 6.21 Å². The molecule has 4 heteroatoms. The Labute approximate surface area is 70.0 Å². The van der Waals surface area contributed by atoms with Gasteiger partial charge in [-0.1, -0.05) is 6.07 Å². The van der Waals surface area contributed by atoms with Crippen molar-refractivity contribution in [2.45, 2.75) is 6.42 Å². The van der Waals surface area contributed by atoms with Gasteiger partial charge in [-0.3, -0.25) is 0 Å². The van der Waals surface area contributed by atoms with E-state index >= 15 is 0 Å². The SMILES string of the molecule is NN=CCc1ccc(O)c(O)c1. The molecule has 1 aromatic rings. The van der Waals surface area contributed by atoms with Crippen LogP contribution in [0.15, 0.2) is 23.3 Å². The van der Waals surface area contributed by atoms with Gasteiger partial charge in [-0.25, -0.2) is 0 Å². The second-order valence-corrected chi connectivity index (χ2v) is 2.36. The van der Waals surface area contributed by atoms with Gasteiger partial charge in [0.25, 0.3) is 0 Å². The molecule has 0 aromatic heterocycles. The minimum absolute atomic E-state index is 0.122. The highest BCUT2D eigenvalue weighted by molar-refractivity contribution is 5.61. The highest BCUT2D eigenvalue weighted by atomic mass is 16.3. The molecule has 12 heavy (non-hydrogen) atoms. The van der Waals surface area contributed by atoms with Crippen molar-refractivity contribution < 1.29 is 10.2 Å². The third kappa shape index (κ3) is 1.88. The maximum absolute atomic E-state index is 9.07. The Bertz CT molecular complexity index is 297. The molecule has 0 unspecified atom stereocenters. The molecule has 0 spiro atoms. The van der Waals surface area contributed by atoms with Crippen LogP contribution in [-0.2, 0) is 6.42 Å². The third-order valence-corrected chi connectivity index (χ3v) is 1.47.